The molecule has 1 aliphatic carbocycles. The van der Waals surface area contributed by atoms with E-state index in [1.54, 1.807) is 6.20 Å². The molecule has 1 saturated carbocycles. The maximum atomic E-state index is 13.0. The number of hydrogen-bond donors (Lipinski definition) is 0. The van der Waals surface area contributed by atoms with Gasteiger partial charge in [0.05, 0.1) is 6.10 Å². The van der Waals surface area contributed by atoms with E-state index in [0.29, 0.717) is 24.8 Å². The van der Waals surface area contributed by atoms with E-state index in [0.717, 1.165) is 48.9 Å². The number of ether oxygens (including phenoxy) is 1. The van der Waals surface area contributed by atoms with Gasteiger partial charge in [0.2, 0.25) is 0 Å². The van der Waals surface area contributed by atoms with Gasteiger partial charge in [-0.15, -0.1) is 0 Å². The van der Waals surface area contributed by atoms with E-state index in [1.165, 1.54) is 12.8 Å². The summed E-state index contributed by atoms with van der Waals surface area (Å²) in [5.41, 5.74) is 1.72. The largest absolute Gasteiger partial charge is 0.490 e. The first-order chi connectivity index (χ1) is 15.8. The van der Waals surface area contributed by atoms with Crippen molar-refractivity contribution in [3.8, 4) is 17.1 Å². The van der Waals surface area contributed by atoms with Crippen LogP contribution in [0.15, 0.2) is 66.9 Å². The van der Waals surface area contributed by atoms with Crippen molar-refractivity contribution in [2.24, 2.45) is 0 Å². The minimum atomic E-state index is 0.0738. The lowest BCUT2D eigenvalue weighted by Crippen LogP contribution is -2.49. The minimum absolute atomic E-state index is 0.0738. The van der Waals surface area contributed by atoms with Gasteiger partial charge in [-0.2, -0.15) is 0 Å². The number of piperazine rings is 1. The van der Waals surface area contributed by atoms with E-state index in [1.807, 2.05) is 65.6 Å². The van der Waals surface area contributed by atoms with E-state index in [9.17, 15) is 4.79 Å². The Hall–Kier alpha value is -3.41. The quantitative estimate of drug-likeness (QED) is 0.602. The van der Waals surface area contributed by atoms with Crippen molar-refractivity contribution >= 4 is 11.7 Å². The van der Waals surface area contributed by atoms with Gasteiger partial charge in [-0.25, -0.2) is 9.97 Å². The fourth-order valence-corrected chi connectivity index (χ4v) is 4.45. The molecule has 32 heavy (non-hydrogen) atoms. The van der Waals surface area contributed by atoms with Crippen LogP contribution >= 0.6 is 0 Å². The number of nitrogens with zero attached hydrogens (tertiary/aromatic N) is 4. The van der Waals surface area contributed by atoms with E-state index >= 15 is 0 Å². The van der Waals surface area contributed by atoms with Crippen LogP contribution in [0.3, 0.4) is 0 Å². The average molecular weight is 429 g/mol. The predicted molar refractivity (Wildman–Crippen MR) is 125 cm³/mol. The first-order valence-electron chi connectivity index (χ1n) is 11.5. The molecular formula is C26H28N4O2. The molecule has 1 aromatic heterocycles. The standard InChI is InChI=1S/C26H28N4O2/c31-26(21-10-12-23(13-11-21)32-22-8-4-5-9-22)30-18-16-29(17-19-30)24-14-15-27-25(28-24)20-6-2-1-3-7-20/h1-3,6-7,10-15,22H,4-5,8-9,16-19H2. The Morgan fingerprint density at radius 2 is 1.59 bits per heavy atom. The summed E-state index contributed by atoms with van der Waals surface area (Å²) in [6.45, 7) is 2.84. The third kappa shape index (κ3) is 4.59. The summed E-state index contributed by atoms with van der Waals surface area (Å²) in [5, 5.41) is 0. The zero-order chi connectivity index (χ0) is 21.8. The zero-order valence-electron chi connectivity index (χ0n) is 18.2. The summed E-state index contributed by atoms with van der Waals surface area (Å²) in [6, 6.07) is 19.5. The number of hydrogen-bond acceptors (Lipinski definition) is 5. The molecule has 0 N–H and O–H groups in total. The minimum Gasteiger partial charge on any atom is -0.490 e. The Bertz CT molecular complexity index is 1040. The van der Waals surface area contributed by atoms with Crippen molar-refractivity contribution in [2.75, 3.05) is 31.1 Å². The average Bonchev–Trinajstić information content (AvgIpc) is 3.38. The smallest absolute Gasteiger partial charge is 0.253 e. The summed E-state index contributed by atoms with van der Waals surface area (Å²) in [4.78, 5) is 26.3. The fraction of sp³-hybridized carbons (Fsp3) is 0.346. The molecule has 164 valence electrons. The molecule has 2 aliphatic rings. The molecular weight excluding hydrogens is 400 g/mol. The molecule has 5 rings (SSSR count). The number of benzene rings is 2. The number of aromatic nitrogens is 2. The van der Waals surface area contributed by atoms with Crippen LogP contribution < -0.4 is 9.64 Å². The number of rotatable bonds is 5. The van der Waals surface area contributed by atoms with Gasteiger partial charge >= 0.3 is 0 Å². The van der Waals surface area contributed by atoms with E-state index in [4.69, 9.17) is 9.72 Å². The topological polar surface area (TPSA) is 58.6 Å². The molecule has 0 bridgehead atoms. The maximum absolute atomic E-state index is 13.0. The van der Waals surface area contributed by atoms with Crippen LogP contribution in [-0.4, -0.2) is 53.1 Å². The predicted octanol–water partition coefficient (Wildman–Crippen LogP) is 4.43. The summed E-state index contributed by atoms with van der Waals surface area (Å²) < 4.78 is 6.02. The zero-order valence-corrected chi connectivity index (χ0v) is 18.2. The van der Waals surface area contributed by atoms with Crippen molar-refractivity contribution in [2.45, 2.75) is 31.8 Å². The first kappa shape index (κ1) is 20.5. The second-order valence-corrected chi connectivity index (χ2v) is 8.43. The van der Waals surface area contributed by atoms with Gasteiger partial charge in [-0.1, -0.05) is 30.3 Å². The molecule has 1 saturated heterocycles. The molecule has 3 aromatic rings. The van der Waals surface area contributed by atoms with Gasteiger partial charge < -0.3 is 14.5 Å². The van der Waals surface area contributed by atoms with Crippen LogP contribution in [-0.2, 0) is 0 Å². The second kappa shape index (κ2) is 9.39. The summed E-state index contributed by atoms with van der Waals surface area (Å²) >= 11 is 0. The second-order valence-electron chi connectivity index (χ2n) is 8.43. The molecule has 6 heteroatoms. The Balaban J connectivity index is 1.19. The highest BCUT2D eigenvalue weighted by Crippen LogP contribution is 2.25. The SMILES string of the molecule is O=C(c1ccc(OC2CCCC2)cc1)N1CCN(c2ccnc(-c3ccccc3)n2)CC1. The Morgan fingerprint density at radius 3 is 2.31 bits per heavy atom. The van der Waals surface area contributed by atoms with E-state index in [2.05, 4.69) is 9.88 Å². The van der Waals surface area contributed by atoms with Gasteiger partial charge in [0, 0.05) is 43.5 Å². The maximum Gasteiger partial charge on any atom is 0.253 e. The number of amides is 1. The Morgan fingerprint density at radius 1 is 0.875 bits per heavy atom. The van der Waals surface area contributed by atoms with E-state index in [-0.39, 0.29) is 5.91 Å². The Labute approximate surface area is 188 Å². The lowest BCUT2D eigenvalue weighted by Gasteiger charge is -2.35. The summed E-state index contributed by atoms with van der Waals surface area (Å²) in [5.74, 6) is 2.56. The molecule has 2 fully saturated rings. The van der Waals surface area contributed by atoms with Crippen molar-refractivity contribution in [1.82, 2.24) is 14.9 Å². The summed E-state index contributed by atoms with van der Waals surface area (Å²) in [6.07, 6.45) is 6.88. The molecule has 0 unspecified atom stereocenters. The monoisotopic (exact) mass is 428 g/mol. The Kier molecular flexibility index (Phi) is 6.01. The third-order valence-corrected chi connectivity index (χ3v) is 6.27. The van der Waals surface area contributed by atoms with E-state index < -0.39 is 0 Å². The van der Waals surface area contributed by atoms with Gasteiger partial charge in [0.25, 0.3) is 5.91 Å². The molecule has 1 amide bonds. The lowest BCUT2D eigenvalue weighted by atomic mass is 10.1. The normalized spacial score (nSPS) is 16.9. The van der Waals surface area contributed by atoms with Crippen molar-refractivity contribution in [1.29, 1.82) is 0 Å². The third-order valence-electron chi connectivity index (χ3n) is 6.27. The van der Waals surface area contributed by atoms with Crippen molar-refractivity contribution < 1.29 is 9.53 Å². The molecule has 2 heterocycles. The van der Waals surface area contributed by atoms with Crippen LogP contribution in [0.5, 0.6) is 5.75 Å². The molecule has 0 atom stereocenters. The highest BCUT2D eigenvalue weighted by molar-refractivity contribution is 5.94. The van der Waals surface area contributed by atoms with Crippen molar-refractivity contribution in [3.05, 3.63) is 72.4 Å². The van der Waals surface area contributed by atoms with Crippen LogP contribution in [0, 0.1) is 0 Å². The molecule has 0 spiro atoms. The molecule has 2 aromatic carbocycles. The van der Waals surface area contributed by atoms with Gasteiger partial charge in [-0.05, 0) is 56.0 Å². The van der Waals surface area contributed by atoms with Crippen LogP contribution in [0.1, 0.15) is 36.0 Å². The van der Waals surface area contributed by atoms with Gasteiger partial charge in [0.1, 0.15) is 11.6 Å². The number of carbonyl (C=O) groups excluding carboxylic acids is 1. The van der Waals surface area contributed by atoms with Crippen LogP contribution in [0.25, 0.3) is 11.4 Å². The molecule has 6 nitrogen and oxygen atoms in total. The number of carbonyl (C=O) groups is 1. The highest BCUT2D eigenvalue weighted by Gasteiger charge is 2.23. The highest BCUT2D eigenvalue weighted by atomic mass is 16.5. The summed E-state index contributed by atoms with van der Waals surface area (Å²) in [7, 11) is 0. The first-order valence-corrected chi connectivity index (χ1v) is 11.5. The lowest BCUT2D eigenvalue weighted by molar-refractivity contribution is 0.0746. The van der Waals surface area contributed by atoms with Gasteiger partial charge in [0.15, 0.2) is 5.82 Å². The molecule has 1 aliphatic heterocycles. The fourth-order valence-electron chi connectivity index (χ4n) is 4.45. The van der Waals surface area contributed by atoms with Gasteiger partial charge in [-0.3, -0.25) is 4.79 Å². The van der Waals surface area contributed by atoms with Crippen LogP contribution in [0.4, 0.5) is 5.82 Å². The molecule has 0 radical (unpaired) electrons. The van der Waals surface area contributed by atoms with Crippen molar-refractivity contribution in [3.63, 3.8) is 0 Å². The van der Waals surface area contributed by atoms with Crippen LogP contribution in [0.2, 0.25) is 0 Å². The number of anilines is 1.